The zero-order valence-corrected chi connectivity index (χ0v) is 10.5. The number of hydrogen-bond donors (Lipinski definition) is 2. The van der Waals surface area contributed by atoms with Crippen molar-refractivity contribution in [1.82, 2.24) is 10.3 Å². The van der Waals surface area contributed by atoms with Crippen molar-refractivity contribution in [1.29, 1.82) is 0 Å². The quantitative estimate of drug-likeness (QED) is 0.801. The first kappa shape index (κ1) is 13.3. The lowest BCUT2D eigenvalue weighted by Crippen LogP contribution is -2.38. The predicted octanol–water partition coefficient (Wildman–Crippen LogP) is 1.36. The van der Waals surface area contributed by atoms with Crippen molar-refractivity contribution in [2.24, 2.45) is 11.8 Å². The maximum absolute atomic E-state index is 12.1. The lowest BCUT2D eigenvalue weighted by atomic mass is 9.82. The van der Waals surface area contributed by atoms with Crippen LogP contribution in [0.2, 0.25) is 0 Å². The van der Waals surface area contributed by atoms with Crippen LogP contribution in [0, 0.1) is 11.8 Å². The first-order valence-electron chi connectivity index (χ1n) is 6.23. The summed E-state index contributed by atoms with van der Waals surface area (Å²) in [5.74, 6) is -2.21. The number of pyridine rings is 1. The number of carboxylic acid groups (broad SMARTS) is 1. The number of hydrogen-bond acceptors (Lipinski definition) is 3. The summed E-state index contributed by atoms with van der Waals surface area (Å²) in [6.45, 7) is 0.397. The third-order valence-corrected chi connectivity index (χ3v) is 3.30. The topological polar surface area (TPSA) is 79.3 Å². The van der Waals surface area contributed by atoms with Crippen LogP contribution in [0.15, 0.2) is 36.7 Å². The molecule has 0 unspecified atom stereocenters. The van der Waals surface area contributed by atoms with Gasteiger partial charge in [0, 0.05) is 18.9 Å². The lowest BCUT2D eigenvalue weighted by molar-refractivity contribution is -0.147. The zero-order chi connectivity index (χ0) is 13.7. The van der Waals surface area contributed by atoms with Crippen LogP contribution >= 0.6 is 0 Å². The van der Waals surface area contributed by atoms with E-state index in [1.807, 2.05) is 24.3 Å². The van der Waals surface area contributed by atoms with Crippen LogP contribution in [0.5, 0.6) is 0 Å². The highest BCUT2D eigenvalue weighted by atomic mass is 16.4. The van der Waals surface area contributed by atoms with Gasteiger partial charge >= 0.3 is 5.97 Å². The van der Waals surface area contributed by atoms with Gasteiger partial charge in [-0.05, 0) is 30.5 Å². The van der Waals surface area contributed by atoms with Gasteiger partial charge in [0.2, 0.25) is 5.91 Å². The summed E-state index contributed by atoms with van der Waals surface area (Å²) in [4.78, 5) is 27.1. The molecule has 0 saturated heterocycles. The van der Waals surface area contributed by atoms with Crippen molar-refractivity contribution in [2.75, 3.05) is 0 Å². The second-order valence-electron chi connectivity index (χ2n) is 4.57. The number of nitrogens with zero attached hydrogens (tertiary/aromatic N) is 1. The molecule has 0 fully saturated rings. The van der Waals surface area contributed by atoms with E-state index in [1.54, 1.807) is 12.4 Å². The number of carbonyl (C=O) groups is 2. The molecule has 1 aromatic heterocycles. The molecular weight excluding hydrogens is 244 g/mol. The molecule has 1 aliphatic rings. The van der Waals surface area contributed by atoms with Crippen LogP contribution in [0.1, 0.15) is 18.4 Å². The summed E-state index contributed by atoms with van der Waals surface area (Å²) in [6.07, 6.45) is 7.92. The largest absolute Gasteiger partial charge is 0.481 e. The standard InChI is InChI=1S/C14H16N2O3/c17-13(16-9-10-5-7-15-8-6-10)11-3-1-2-4-12(11)14(18)19/h1-2,5-8,11-12H,3-4,9H2,(H,16,17)(H,18,19)/t11-,12-/m0/s1. The number of carbonyl (C=O) groups excluding carboxylic acids is 1. The summed E-state index contributed by atoms with van der Waals surface area (Å²) >= 11 is 0. The molecule has 0 saturated carbocycles. The van der Waals surface area contributed by atoms with Crippen LogP contribution in [-0.2, 0) is 16.1 Å². The van der Waals surface area contributed by atoms with Gasteiger partial charge < -0.3 is 10.4 Å². The van der Waals surface area contributed by atoms with E-state index in [2.05, 4.69) is 10.3 Å². The summed E-state index contributed by atoms with van der Waals surface area (Å²) in [5.41, 5.74) is 0.946. The van der Waals surface area contributed by atoms with Crippen LogP contribution in [0.3, 0.4) is 0 Å². The van der Waals surface area contributed by atoms with E-state index in [9.17, 15) is 9.59 Å². The highest BCUT2D eigenvalue weighted by Crippen LogP contribution is 2.26. The summed E-state index contributed by atoms with van der Waals surface area (Å²) in [5, 5.41) is 11.9. The Kier molecular flexibility index (Phi) is 4.28. The molecule has 2 N–H and O–H groups in total. The smallest absolute Gasteiger partial charge is 0.307 e. The molecule has 0 bridgehead atoms. The fraction of sp³-hybridized carbons (Fsp3) is 0.357. The molecule has 1 amide bonds. The molecule has 1 aliphatic carbocycles. The van der Waals surface area contributed by atoms with Crippen molar-refractivity contribution in [2.45, 2.75) is 19.4 Å². The summed E-state index contributed by atoms with van der Waals surface area (Å²) < 4.78 is 0. The Labute approximate surface area is 111 Å². The van der Waals surface area contributed by atoms with E-state index < -0.39 is 17.8 Å². The first-order valence-corrected chi connectivity index (χ1v) is 6.23. The van der Waals surface area contributed by atoms with Crippen molar-refractivity contribution in [3.8, 4) is 0 Å². The Hall–Kier alpha value is -2.17. The maximum Gasteiger partial charge on any atom is 0.307 e. The third kappa shape index (κ3) is 3.40. The van der Waals surface area contributed by atoms with Crippen LogP contribution < -0.4 is 5.32 Å². The molecule has 5 heteroatoms. The molecule has 5 nitrogen and oxygen atoms in total. The van der Waals surface area contributed by atoms with Crippen molar-refractivity contribution in [3.63, 3.8) is 0 Å². The van der Waals surface area contributed by atoms with E-state index >= 15 is 0 Å². The number of nitrogens with one attached hydrogen (secondary N) is 1. The van der Waals surface area contributed by atoms with Gasteiger partial charge in [0.05, 0.1) is 11.8 Å². The van der Waals surface area contributed by atoms with E-state index in [4.69, 9.17) is 5.11 Å². The average molecular weight is 260 g/mol. The fourth-order valence-corrected chi connectivity index (χ4v) is 2.20. The predicted molar refractivity (Wildman–Crippen MR) is 69.1 cm³/mol. The molecule has 0 spiro atoms. The fourth-order valence-electron chi connectivity index (χ4n) is 2.20. The molecule has 0 radical (unpaired) electrons. The zero-order valence-electron chi connectivity index (χ0n) is 10.5. The average Bonchev–Trinajstić information content (AvgIpc) is 2.46. The lowest BCUT2D eigenvalue weighted by Gasteiger charge is -2.24. The van der Waals surface area contributed by atoms with Crippen LogP contribution in [-0.4, -0.2) is 22.0 Å². The highest BCUT2D eigenvalue weighted by Gasteiger charge is 2.33. The number of allylic oxidation sites excluding steroid dienone is 2. The summed E-state index contributed by atoms with van der Waals surface area (Å²) in [6, 6.07) is 3.63. The monoisotopic (exact) mass is 260 g/mol. The van der Waals surface area contributed by atoms with E-state index in [1.165, 1.54) is 0 Å². The second-order valence-corrected chi connectivity index (χ2v) is 4.57. The maximum atomic E-state index is 12.1. The Morgan fingerprint density at radius 2 is 1.84 bits per heavy atom. The minimum absolute atomic E-state index is 0.200. The molecule has 1 aromatic rings. The van der Waals surface area contributed by atoms with E-state index in [-0.39, 0.29) is 5.91 Å². The Balaban J connectivity index is 1.95. The third-order valence-electron chi connectivity index (χ3n) is 3.30. The number of aliphatic carboxylic acids is 1. The number of rotatable bonds is 4. The second kappa shape index (κ2) is 6.13. The minimum Gasteiger partial charge on any atom is -0.481 e. The number of amides is 1. The van der Waals surface area contributed by atoms with Gasteiger partial charge in [0.15, 0.2) is 0 Å². The first-order chi connectivity index (χ1) is 9.18. The number of carboxylic acids is 1. The van der Waals surface area contributed by atoms with Crippen LogP contribution in [0.4, 0.5) is 0 Å². The number of aromatic nitrogens is 1. The molecule has 0 aliphatic heterocycles. The van der Waals surface area contributed by atoms with Gasteiger partial charge in [0.25, 0.3) is 0 Å². The molecule has 19 heavy (non-hydrogen) atoms. The van der Waals surface area contributed by atoms with Gasteiger partial charge in [-0.1, -0.05) is 12.2 Å². The van der Waals surface area contributed by atoms with Gasteiger partial charge in [-0.2, -0.15) is 0 Å². The van der Waals surface area contributed by atoms with Crippen molar-refractivity contribution >= 4 is 11.9 Å². The minimum atomic E-state index is -0.909. The van der Waals surface area contributed by atoms with E-state index in [0.717, 1.165) is 5.56 Å². The van der Waals surface area contributed by atoms with Gasteiger partial charge in [0.1, 0.15) is 0 Å². The molecule has 2 atom stereocenters. The van der Waals surface area contributed by atoms with Gasteiger partial charge in [-0.15, -0.1) is 0 Å². The van der Waals surface area contributed by atoms with Gasteiger partial charge in [-0.3, -0.25) is 14.6 Å². The van der Waals surface area contributed by atoms with Crippen molar-refractivity contribution in [3.05, 3.63) is 42.2 Å². The molecule has 1 heterocycles. The molecule has 100 valence electrons. The van der Waals surface area contributed by atoms with Gasteiger partial charge in [-0.25, -0.2) is 0 Å². The Morgan fingerprint density at radius 3 is 2.47 bits per heavy atom. The normalized spacial score (nSPS) is 21.9. The Bertz CT molecular complexity index is 485. The molecule has 0 aromatic carbocycles. The highest BCUT2D eigenvalue weighted by molar-refractivity contribution is 5.85. The Morgan fingerprint density at radius 1 is 1.21 bits per heavy atom. The van der Waals surface area contributed by atoms with E-state index in [0.29, 0.717) is 19.4 Å². The SMILES string of the molecule is O=C(O)[C@H]1CC=CC[C@@H]1C(=O)NCc1ccncc1. The molecule has 2 rings (SSSR count). The molecular formula is C14H16N2O3. The van der Waals surface area contributed by atoms with Crippen LogP contribution in [0.25, 0.3) is 0 Å². The van der Waals surface area contributed by atoms with Crippen molar-refractivity contribution < 1.29 is 14.7 Å². The summed E-state index contributed by atoms with van der Waals surface area (Å²) in [7, 11) is 0.